The Bertz CT molecular complexity index is 353. The maximum atomic E-state index is 8.65. The van der Waals surface area contributed by atoms with E-state index in [1.54, 1.807) is 12.1 Å². The van der Waals surface area contributed by atoms with Crippen molar-refractivity contribution < 1.29 is 0 Å². The number of halogens is 1. The van der Waals surface area contributed by atoms with Crippen LogP contribution in [0.15, 0.2) is 18.2 Å². The molecule has 14 heavy (non-hydrogen) atoms. The van der Waals surface area contributed by atoms with Gasteiger partial charge in [0.2, 0.25) is 0 Å². The first kappa shape index (κ1) is 11.0. The summed E-state index contributed by atoms with van der Waals surface area (Å²) in [4.78, 5) is 0. The average molecular weight is 209 g/mol. The maximum Gasteiger partial charge on any atom is 0.0992 e. The molecule has 0 spiro atoms. The van der Waals surface area contributed by atoms with Gasteiger partial charge in [-0.3, -0.25) is 0 Å². The standard InChI is InChI=1S/C11H13ClN2/c1-8(2)14-7-10-4-3-9(6-13)5-11(10)12/h3-5,8,14H,7H2,1-2H3. The van der Waals surface area contributed by atoms with Crippen molar-refractivity contribution in [2.24, 2.45) is 0 Å². The molecular formula is C11H13ClN2. The highest BCUT2D eigenvalue weighted by molar-refractivity contribution is 6.31. The van der Waals surface area contributed by atoms with Gasteiger partial charge in [0.05, 0.1) is 11.6 Å². The van der Waals surface area contributed by atoms with E-state index in [0.29, 0.717) is 16.6 Å². The quantitative estimate of drug-likeness (QED) is 0.829. The van der Waals surface area contributed by atoms with E-state index in [9.17, 15) is 0 Å². The summed E-state index contributed by atoms with van der Waals surface area (Å²) in [6.07, 6.45) is 0. The van der Waals surface area contributed by atoms with E-state index in [0.717, 1.165) is 12.1 Å². The average Bonchev–Trinajstić information content (AvgIpc) is 2.15. The second-order valence-corrected chi connectivity index (χ2v) is 3.86. The number of hydrogen-bond acceptors (Lipinski definition) is 2. The van der Waals surface area contributed by atoms with Gasteiger partial charge in [0.15, 0.2) is 0 Å². The van der Waals surface area contributed by atoms with Crippen LogP contribution in [0.1, 0.15) is 25.0 Å². The number of nitrogens with one attached hydrogen (secondary N) is 1. The van der Waals surface area contributed by atoms with Crippen molar-refractivity contribution in [1.29, 1.82) is 5.26 Å². The van der Waals surface area contributed by atoms with Gasteiger partial charge in [-0.2, -0.15) is 5.26 Å². The zero-order valence-corrected chi connectivity index (χ0v) is 9.10. The monoisotopic (exact) mass is 208 g/mol. The van der Waals surface area contributed by atoms with E-state index >= 15 is 0 Å². The minimum atomic E-state index is 0.432. The number of rotatable bonds is 3. The van der Waals surface area contributed by atoms with Crippen LogP contribution >= 0.6 is 11.6 Å². The lowest BCUT2D eigenvalue weighted by molar-refractivity contribution is 0.589. The molecule has 0 aliphatic heterocycles. The minimum Gasteiger partial charge on any atom is -0.310 e. The summed E-state index contributed by atoms with van der Waals surface area (Å²) in [7, 11) is 0. The summed E-state index contributed by atoms with van der Waals surface area (Å²) < 4.78 is 0. The number of nitriles is 1. The molecule has 0 amide bonds. The van der Waals surface area contributed by atoms with Crippen molar-refractivity contribution in [3.63, 3.8) is 0 Å². The van der Waals surface area contributed by atoms with Gasteiger partial charge in [0.25, 0.3) is 0 Å². The lowest BCUT2D eigenvalue weighted by atomic mass is 10.1. The molecule has 74 valence electrons. The molecule has 3 heteroatoms. The van der Waals surface area contributed by atoms with Crippen LogP contribution in [0.5, 0.6) is 0 Å². The molecule has 0 saturated carbocycles. The SMILES string of the molecule is CC(C)NCc1ccc(C#N)cc1Cl. The normalized spacial score (nSPS) is 10.2. The summed E-state index contributed by atoms with van der Waals surface area (Å²) in [5.41, 5.74) is 1.63. The van der Waals surface area contributed by atoms with Crippen LogP contribution in [0, 0.1) is 11.3 Å². The first-order chi connectivity index (χ1) is 6.63. The Balaban J connectivity index is 2.75. The molecule has 0 saturated heterocycles. The van der Waals surface area contributed by atoms with E-state index in [4.69, 9.17) is 16.9 Å². The molecule has 0 heterocycles. The van der Waals surface area contributed by atoms with Crippen LogP contribution in [-0.2, 0) is 6.54 Å². The second kappa shape index (κ2) is 4.99. The zero-order valence-electron chi connectivity index (χ0n) is 8.34. The van der Waals surface area contributed by atoms with Crippen molar-refractivity contribution in [3.8, 4) is 6.07 Å². The molecule has 2 nitrogen and oxygen atoms in total. The molecule has 0 atom stereocenters. The van der Waals surface area contributed by atoms with Crippen molar-refractivity contribution in [3.05, 3.63) is 34.3 Å². The Labute approximate surface area is 89.5 Å². The first-order valence-electron chi connectivity index (χ1n) is 4.55. The van der Waals surface area contributed by atoms with Gasteiger partial charge >= 0.3 is 0 Å². The molecule has 1 aromatic carbocycles. The van der Waals surface area contributed by atoms with Gasteiger partial charge in [0.1, 0.15) is 0 Å². The summed E-state index contributed by atoms with van der Waals surface area (Å²) in [5, 5.41) is 12.6. The van der Waals surface area contributed by atoms with Gasteiger partial charge in [-0.05, 0) is 17.7 Å². The molecule has 1 N–H and O–H groups in total. The van der Waals surface area contributed by atoms with Crippen molar-refractivity contribution in [2.45, 2.75) is 26.4 Å². The molecule has 0 unspecified atom stereocenters. The minimum absolute atomic E-state index is 0.432. The molecule has 0 aromatic heterocycles. The summed E-state index contributed by atoms with van der Waals surface area (Å²) >= 11 is 6.00. The third kappa shape index (κ3) is 3.02. The number of hydrogen-bond donors (Lipinski definition) is 1. The highest BCUT2D eigenvalue weighted by atomic mass is 35.5. The molecule has 0 aliphatic carbocycles. The van der Waals surface area contributed by atoms with Crippen LogP contribution in [-0.4, -0.2) is 6.04 Å². The zero-order chi connectivity index (χ0) is 10.6. The van der Waals surface area contributed by atoms with Crippen LogP contribution < -0.4 is 5.32 Å². The molecule has 0 bridgehead atoms. The Morgan fingerprint density at radius 3 is 2.71 bits per heavy atom. The van der Waals surface area contributed by atoms with Gasteiger partial charge < -0.3 is 5.32 Å². The summed E-state index contributed by atoms with van der Waals surface area (Å²) in [5.74, 6) is 0. The lowest BCUT2D eigenvalue weighted by Gasteiger charge is -2.09. The first-order valence-corrected chi connectivity index (χ1v) is 4.93. The third-order valence-corrected chi connectivity index (χ3v) is 2.23. The molecule has 0 radical (unpaired) electrons. The van der Waals surface area contributed by atoms with Crippen molar-refractivity contribution in [1.82, 2.24) is 5.32 Å². The highest BCUT2D eigenvalue weighted by Crippen LogP contribution is 2.17. The predicted molar refractivity (Wildman–Crippen MR) is 58.1 cm³/mol. The molecule has 1 aromatic rings. The van der Waals surface area contributed by atoms with Crippen molar-refractivity contribution in [2.75, 3.05) is 0 Å². The Morgan fingerprint density at radius 2 is 2.21 bits per heavy atom. The van der Waals surface area contributed by atoms with Gasteiger partial charge in [-0.1, -0.05) is 31.5 Å². The summed E-state index contributed by atoms with van der Waals surface area (Å²) in [6, 6.07) is 7.85. The van der Waals surface area contributed by atoms with Gasteiger partial charge in [0, 0.05) is 17.6 Å². The molecule has 0 fully saturated rings. The topological polar surface area (TPSA) is 35.8 Å². The molecular weight excluding hydrogens is 196 g/mol. The highest BCUT2D eigenvalue weighted by Gasteiger charge is 2.02. The Hall–Kier alpha value is -1.04. The van der Waals surface area contributed by atoms with Crippen LogP contribution in [0.4, 0.5) is 0 Å². The fourth-order valence-electron chi connectivity index (χ4n) is 1.07. The van der Waals surface area contributed by atoms with Crippen LogP contribution in [0.2, 0.25) is 5.02 Å². The largest absolute Gasteiger partial charge is 0.310 e. The van der Waals surface area contributed by atoms with E-state index in [-0.39, 0.29) is 0 Å². The smallest absolute Gasteiger partial charge is 0.0992 e. The van der Waals surface area contributed by atoms with E-state index in [2.05, 4.69) is 25.2 Å². The lowest BCUT2D eigenvalue weighted by Crippen LogP contribution is -2.21. The Kier molecular flexibility index (Phi) is 3.94. The predicted octanol–water partition coefficient (Wildman–Crippen LogP) is 2.71. The third-order valence-electron chi connectivity index (χ3n) is 1.88. The number of benzene rings is 1. The summed E-state index contributed by atoms with van der Waals surface area (Å²) in [6.45, 7) is 4.90. The van der Waals surface area contributed by atoms with Crippen LogP contribution in [0.3, 0.4) is 0 Å². The van der Waals surface area contributed by atoms with Crippen LogP contribution in [0.25, 0.3) is 0 Å². The van der Waals surface area contributed by atoms with Gasteiger partial charge in [-0.25, -0.2) is 0 Å². The maximum absolute atomic E-state index is 8.65. The second-order valence-electron chi connectivity index (χ2n) is 3.45. The number of nitrogens with zero attached hydrogens (tertiary/aromatic N) is 1. The fourth-order valence-corrected chi connectivity index (χ4v) is 1.32. The molecule has 1 rings (SSSR count). The van der Waals surface area contributed by atoms with E-state index in [1.165, 1.54) is 0 Å². The van der Waals surface area contributed by atoms with E-state index < -0.39 is 0 Å². The van der Waals surface area contributed by atoms with Gasteiger partial charge in [-0.15, -0.1) is 0 Å². The molecule has 0 aliphatic rings. The fraction of sp³-hybridized carbons (Fsp3) is 0.364. The van der Waals surface area contributed by atoms with E-state index in [1.807, 2.05) is 6.07 Å². The van der Waals surface area contributed by atoms with Crippen molar-refractivity contribution >= 4 is 11.6 Å². The Morgan fingerprint density at radius 1 is 1.50 bits per heavy atom.